The molecule has 1 aliphatic heterocycles. The monoisotopic (exact) mass is 351 g/mol. The summed E-state index contributed by atoms with van der Waals surface area (Å²) < 4.78 is 25.9. The summed E-state index contributed by atoms with van der Waals surface area (Å²) in [5, 5.41) is 0. The first-order valence-corrected chi connectivity index (χ1v) is 9.14. The van der Waals surface area contributed by atoms with Gasteiger partial charge in [-0.25, -0.2) is 0 Å². The number of nitrogens with one attached hydrogen (secondary N) is 1. The van der Waals surface area contributed by atoms with Gasteiger partial charge in [0.15, 0.2) is 6.04 Å². The third kappa shape index (κ3) is 4.12. The zero-order valence-electron chi connectivity index (χ0n) is 14.6. The number of hydrogen-bond acceptors (Lipinski definition) is 5. The fourth-order valence-corrected chi connectivity index (χ4v) is 3.36. The molecule has 1 aromatic carbocycles. The van der Waals surface area contributed by atoms with Gasteiger partial charge in [-0.1, -0.05) is 24.8 Å². The van der Waals surface area contributed by atoms with Crippen LogP contribution >= 0.6 is 0 Å². The third-order valence-corrected chi connectivity index (χ3v) is 5.35. The number of para-hydroxylation sites is 1. The van der Waals surface area contributed by atoms with Crippen molar-refractivity contribution in [1.82, 2.24) is 4.72 Å². The summed E-state index contributed by atoms with van der Waals surface area (Å²) in [6.45, 7) is 11.9. The maximum atomic E-state index is 12.6. The van der Waals surface area contributed by atoms with E-state index in [-0.39, 0.29) is 12.5 Å². The first kappa shape index (κ1) is 18.8. The molecular weight excluding hydrogens is 326 g/mol. The Labute approximate surface area is 146 Å². The molecule has 0 saturated heterocycles. The lowest BCUT2D eigenvalue weighted by atomic mass is 9.84. The average Bonchev–Trinajstić information content (AvgIpc) is 2.52. The quantitative estimate of drug-likeness (QED) is 0.502. The Morgan fingerprint density at radius 1 is 1.50 bits per heavy atom. The van der Waals surface area contributed by atoms with E-state index in [1.54, 1.807) is 6.92 Å². The van der Waals surface area contributed by atoms with Crippen LogP contribution in [0.15, 0.2) is 36.4 Å². The van der Waals surface area contributed by atoms with Crippen LogP contribution in [0, 0.1) is 0 Å². The van der Waals surface area contributed by atoms with Crippen LogP contribution in [-0.2, 0) is 20.9 Å². The standard InChI is InChI=1S/C18H25NO4S/c1-6-22-17(20)16(19-24(21)18(3,4)5)15-12(2)11-23-14-10-8-7-9-13(14)15/h7-10,15-16,19H,2,6,11H2,1,3-5H3/t15?,16-,24?/m0/s1. The Balaban J connectivity index is 2.39. The zero-order chi connectivity index (χ0) is 17.9. The van der Waals surface area contributed by atoms with Crippen LogP contribution in [0.3, 0.4) is 0 Å². The highest BCUT2D eigenvalue weighted by Gasteiger charge is 2.41. The van der Waals surface area contributed by atoms with Crippen LogP contribution in [0.5, 0.6) is 5.75 Å². The molecule has 0 fully saturated rings. The van der Waals surface area contributed by atoms with E-state index in [4.69, 9.17) is 9.47 Å². The van der Waals surface area contributed by atoms with Gasteiger partial charge in [-0.05, 0) is 39.3 Å². The van der Waals surface area contributed by atoms with E-state index >= 15 is 0 Å². The molecule has 2 unspecified atom stereocenters. The number of ether oxygens (including phenoxy) is 2. The molecule has 0 spiro atoms. The molecule has 1 N–H and O–H groups in total. The summed E-state index contributed by atoms with van der Waals surface area (Å²) in [4.78, 5) is 12.6. The SMILES string of the molecule is C=C1COc2ccccc2C1[C@H](N[S+]([O-])C(C)(C)C)C(=O)OCC. The summed E-state index contributed by atoms with van der Waals surface area (Å²) in [6, 6.07) is 6.75. The lowest BCUT2D eigenvalue weighted by Gasteiger charge is -2.34. The molecule has 1 heterocycles. The van der Waals surface area contributed by atoms with Gasteiger partial charge in [0.05, 0.1) is 6.61 Å². The number of esters is 1. The minimum absolute atomic E-state index is 0.260. The predicted octanol–water partition coefficient (Wildman–Crippen LogP) is 2.70. The Bertz CT molecular complexity index is 611. The molecule has 1 aromatic rings. The highest BCUT2D eigenvalue weighted by molar-refractivity contribution is 7.90. The summed E-state index contributed by atoms with van der Waals surface area (Å²) in [5.41, 5.74) is 1.61. The minimum atomic E-state index is -1.42. The number of carbonyl (C=O) groups excluding carboxylic acids is 1. The topological polar surface area (TPSA) is 70.6 Å². The van der Waals surface area contributed by atoms with Crippen molar-refractivity contribution in [3.8, 4) is 5.75 Å². The molecule has 0 aliphatic carbocycles. The van der Waals surface area contributed by atoms with Crippen LogP contribution in [0.25, 0.3) is 0 Å². The number of carbonyl (C=O) groups is 1. The number of benzene rings is 1. The van der Waals surface area contributed by atoms with Crippen LogP contribution < -0.4 is 9.46 Å². The summed E-state index contributed by atoms with van der Waals surface area (Å²) in [7, 11) is 0. The maximum absolute atomic E-state index is 12.6. The summed E-state index contributed by atoms with van der Waals surface area (Å²) >= 11 is -1.42. The van der Waals surface area contributed by atoms with Gasteiger partial charge in [0.2, 0.25) is 0 Å². The molecule has 24 heavy (non-hydrogen) atoms. The van der Waals surface area contributed by atoms with Crippen LogP contribution in [0.1, 0.15) is 39.2 Å². The largest absolute Gasteiger partial charge is 0.598 e. The Hall–Kier alpha value is -1.50. The number of rotatable bonds is 5. The van der Waals surface area contributed by atoms with Crippen molar-refractivity contribution in [2.75, 3.05) is 13.2 Å². The van der Waals surface area contributed by atoms with Crippen molar-refractivity contribution in [3.05, 3.63) is 42.0 Å². The van der Waals surface area contributed by atoms with Gasteiger partial charge >= 0.3 is 5.97 Å². The van der Waals surface area contributed by atoms with Gasteiger partial charge in [0.25, 0.3) is 0 Å². The lowest BCUT2D eigenvalue weighted by Crippen LogP contribution is -2.52. The van der Waals surface area contributed by atoms with Gasteiger partial charge in [-0.3, -0.25) is 4.79 Å². The highest BCUT2D eigenvalue weighted by Crippen LogP contribution is 2.39. The molecule has 1 aliphatic rings. The van der Waals surface area contributed by atoms with Crippen molar-refractivity contribution < 1.29 is 18.8 Å². The average molecular weight is 351 g/mol. The smallest absolute Gasteiger partial charge is 0.328 e. The van der Waals surface area contributed by atoms with Gasteiger partial charge in [0.1, 0.15) is 17.1 Å². The summed E-state index contributed by atoms with van der Waals surface area (Å²) in [5.74, 6) is -0.0641. The van der Waals surface area contributed by atoms with Crippen molar-refractivity contribution >= 4 is 17.3 Å². The molecule has 3 atom stereocenters. The highest BCUT2D eigenvalue weighted by atomic mass is 32.2. The predicted molar refractivity (Wildman–Crippen MR) is 95.3 cm³/mol. The van der Waals surface area contributed by atoms with Crippen molar-refractivity contribution in [2.24, 2.45) is 0 Å². The molecule has 132 valence electrons. The molecule has 0 radical (unpaired) electrons. The fourth-order valence-electron chi connectivity index (χ4n) is 2.54. The van der Waals surface area contributed by atoms with Gasteiger partial charge < -0.3 is 14.0 Å². The number of hydrogen-bond donors (Lipinski definition) is 1. The van der Waals surface area contributed by atoms with E-state index in [2.05, 4.69) is 11.3 Å². The molecule has 0 amide bonds. The third-order valence-electron chi connectivity index (χ3n) is 3.77. The number of fused-ring (bicyclic) bond motifs is 1. The van der Waals surface area contributed by atoms with Gasteiger partial charge in [-0.15, -0.1) is 4.72 Å². The first-order chi connectivity index (χ1) is 11.3. The van der Waals surface area contributed by atoms with Crippen molar-refractivity contribution in [2.45, 2.75) is 44.4 Å². The molecule has 5 nitrogen and oxygen atoms in total. The van der Waals surface area contributed by atoms with Gasteiger partial charge in [0, 0.05) is 22.8 Å². The second kappa shape index (κ2) is 7.59. The van der Waals surface area contributed by atoms with E-state index in [1.807, 2.05) is 45.0 Å². The van der Waals surface area contributed by atoms with Crippen molar-refractivity contribution in [3.63, 3.8) is 0 Å². The van der Waals surface area contributed by atoms with E-state index < -0.39 is 28.1 Å². The normalized spacial score (nSPS) is 19.9. The molecule has 0 saturated carbocycles. The summed E-state index contributed by atoms with van der Waals surface area (Å²) in [6.07, 6.45) is 0. The maximum Gasteiger partial charge on any atom is 0.328 e. The first-order valence-electron chi connectivity index (χ1n) is 7.99. The lowest BCUT2D eigenvalue weighted by molar-refractivity contribution is -0.145. The Morgan fingerprint density at radius 2 is 2.17 bits per heavy atom. The fraction of sp³-hybridized carbons (Fsp3) is 0.500. The zero-order valence-corrected chi connectivity index (χ0v) is 15.4. The molecular formula is C18H25NO4S. The van der Waals surface area contributed by atoms with E-state index in [0.717, 1.165) is 11.1 Å². The van der Waals surface area contributed by atoms with Gasteiger partial charge in [-0.2, -0.15) is 0 Å². The minimum Gasteiger partial charge on any atom is -0.598 e. The van der Waals surface area contributed by atoms with Crippen molar-refractivity contribution in [1.29, 1.82) is 0 Å². The van der Waals surface area contributed by atoms with E-state index in [1.165, 1.54) is 0 Å². The van der Waals surface area contributed by atoms with E-state index in [0.29, 0.717) is 12.4 Å². The molecule has 6 heteroatoms. The van der Waals surface area contributed by atoms with Crippen LogP contribution in [0.4, 0.5) is 0 Å². The van der Waals surface area contributed by atoms with Crippen LogP contribution in [-0.4, -0.2) is 34.5 Å². The Kier molecular flexibility index (Phi) is 5.96. The second-order valence-corrected chi connectivity index (χ2v) is 8.69. The molecule has 0 aromatic heterocycles. The van der Waals surface area contributed by atoms with Crippen LogP contribution in [0.2, 0.25) is 0 Å². The molecule has 2 rings (SSSR count). The van der Waals surface area contributed by atoms with E-state index in [9.17, 15) is 9.35 Å². The Morgan fingerprint density at radius 3 is 2.79 bits per heavy atom. The molecule has 0 bridgehead atoms. The second-order valence-electron chi connectivity index (χ2n) is 6.69.